The van der Waals surface area contributed by atoms with Gasteiger partial charge in [-0.3, -0.25) is 15.2 Å². The summed E-state index contributed by atoms with van der Waals surface area (Å²) in [7, 11) is 1.39. The van der Waals surface area contributed by atoms with Gasteiger partial charge in [-0.15, -0.1) is 0 Å². The molecule has 0 bridgehead atoms. The smallest absolute Gasteiger partial charge is 0.398 e. The fourth-order valence-electron chi connectivity index (χ4n) is 3.22. The van der Waals surface area contributed by atoms with Crippen molar-refractivity contribution in [2.24, 2.45) is 0 Å². The monoisotopic (exact) mass is 476 g/mol. The summed E-state index contributed by atoms with van der Waals surface area (Å²) in [6.07, 6.45) is -2.34. The second-order valence-electron chi connectivity index (χ2n) is 6.95. The van der Waals surface area contributed by atoms with Crippen LogP contribution in [-0.2, 0) is 6.18 Å². The van der Waals surface area contributed by atoms with Gasteiger partial charge in [0, 0.05) is 53.8 Å². The first kappa shape index (κ1) is 24.3. The van der Waals surface area contributed by atoms with Gasteiger partial charge in [-0.25, -0.2) is 8.78 Å². The molecule has 0 spiro atoms. The molecule has 3 aromatic rings. The lowest BCUT2D eigenvalue weighted by molar-refractivity contribution is -0.137. The molecule has 176 valence electrons. The van der Waals surface area contributed by atoms with Crippen molar-refractivity contribution >= 4 is 34.9 Å². The van der Waals surface area contributed by atoms with Crippen molar-refractivity contribution < 1.29 is 26.7 Å². The molecule has 0 radical (unpaired) electrons. The van der Waals surface area contributed by atoms with E-state index in [1.54, 1.807) is 0 Å². The van der Waals surface area contributed by atoms with E-state index in [2.05, 4.69) is 15.6 Å². The summed E-state index contributed by atoms with van der Waals surface area (Å²) < 4.78 is 69.2. The molecule has 0 unspecified atom stereocenters. The van der Waals surface area contributed by atoms with Crippen LogP contribution in [-0.4, -0.2) is 29.9 Å². The Balaban J connectivity index is 2.00. The van der Waals surface area contributed by atoms with E-state index < -0.39 is 46.1 Å². The van der Waals surface area contributed by atoms with E-state index in [1.165, 1.54) is 19.2 Å². The predicted molar refractivity (Wildman–Crippen MR) is 118 cm³/mol. The Hall–Kier alpha value is -4.35. The van der Waals surface area contributed by atoms with Crippen LogP contribution in [0.4, 0.5) is 39.0 Å². The van der Waals surface area contributed by atoms with E-state index in [1.807, 2.05) is 0 Å². The number of carbonyl (C=O) groups excluding carboxylic acids is 1. The lowest BCUT2D eigenvalue weighted by Crippen LogP contribution is -2.19. The number of halogens is 5. The molecule has 0 aliphatic carbocycles. The molecule has 0 saturated heterocycles. The second kappa shape index (κ2) is 9.25. The highest BCUT2D eigenvalue weighted by Crippen LogP contribution is 2.33. The number of benzene rings is 2. The molecule has 0 fully saturated rings. The summed E-state index contributed by atoms with van der Waals surface area (Å²) >= 11 is 0. The third kappa shape index (κ3) is 4.56. The van der Waals surface area contributed by atoms with Crippen molar-refractivity contribution in [3.05, 3.63) is 82.2 Å². The molecule has 0 aliphatic heterocycles. The number of carbonyl (C=O) groups is 1. The zero-order chi connectivity index (χ0) is 25.2. The molecule has 3 rings (SSSR count). The van der Waals surface area contributed by atoms with E-state index in [0.717, 1.165) is 24.5 Å². The molecule has 2 aromatic carbocycles. The summed E-state index contributed by atoms with van der Waals surface area (Å²) in [6, 6.07) is 5.16. The number of nitrogens with zero attached hydrogens (tertiary/aromatic N) is 1. The minimum Gasteiger partial charge on any atom is -0.398 e. The first-order chi connectivity index (χ1) is 16.0. The van der Waals surface area contributed by atoms with Crippen LogP contribution in [0.15, 0.2) is 42.7 Å². The van der Waals surface area contributed by atoms with Crippen LogP contribution in [0.2, 0.25) is 0 Å². The van der Waals surface area contributed by atoms with E-state index >= 15 is 0 Å². The summed E-state index contributed by atoms with van der Waals surface area (Å²) in [5, 5.41) is 20.3. The maximum Gasteiger partial charge on any atom is 0.417 e. The van der Waals surface area contributed by atoms with E-state index in [9.17, 15) is 26.7 Å². The average Bonchev–Trinajstić information content (AvgIpc) is 2.78. The van der Waals surface area contributed by atoms with Gasteiger partial charge in [-0.1, -0.05) is 0 Å². The fraction of sp³-hybridized carbons (Fsp3) is 0.0909. The molecule has 34 heavy (non-hydrogen) atoms. The Kier molecular flexibility index (Phi) is 6.61. The van der Waals surface area contributed by atoms with Gasteiger partial charge in [0.15, 0.2) is 0 Å². The molecular weight excluding hydrogens is 459 g/mol. The Bertz CT molecular complexity index is 1310. The van der Waals surface area contributed by atoms with Crippen LogP contribution >= 0.6 is 0 Å². The van der Waals surface area contributed by atoms with Gasteiger partial charge in [-0.2, -0.15) is 13.2 Å². The average molecular weight is 476 g/mol. The lowest BCUT2D eigenvalue weighted by atomic mass is 9.97. The number of anilines is 3. The number of nitrogens with two attached hydrogens (primary N) is 1. The van der Waals surface area contributed by atoms with Crippen molar-refractivity contribution in [1.29, 1.82) is 10.8 Å². The van der Waals surface area contributed by atoms with Gasteiger partial charge in [0.1, 0.15) is 17.2 Å². The largest absolute Gasteiger partial charge is 0.417 e. The number of pyridine rings is 1. The van der Waals surface area contributed by atoms with Gasteiger partial charge >= 0.3 is 6.18 Å². The predicted octanol–water partition coefficient (Wildman–Crippen LogP) is 4.67. The second-order valence-corrected chi connectivity index (χ2v) is 6.95. The van der Waals surface area contributed by atoms with Gasteiger partial charge in [0.2, 0.25) is 0 Å². The van der Waals surface area contributed by atoms with Crippen LogP contribution in [0.25, 0.3) is 0 Å². The Morgan fingerprint density at radius 1 is 1.15 bits per heavy atom. The molecule has 0 aliphatic rings. The lowest BCUT2D eigenvalue weighted by Gasteiger charge is -2.16. The van der Waals surface area contributed by atoms with Gasteiger partial charge in [-0.05, 0) is 30.3 Å². The minimum atomic E-state index is -4.76. The number of hydrogen-bond acceptors (Lipinski definition) is 6. The summed E-state index contributed by atoms with van der Waals surface area (Å²) in [4.78, 5) is 16.3. The van der Waals surface area contributed by atoms with Crippen LogP contribution in [0.3, 0.4) is 0 Å². The molecule has 1 aromatic heterocycles. The maximum absolute atomic E-state index is 14.7. The molecule has 7 nitrogen and oxygen atoms in total. The van der Waals surface area contributed by atoms with Crippen molar-refractivity contribution in [3.63, 3.8) is 0 Å². The number of rotatable bonds is 6. The topological polar surface area (TPSA) is 128 Å². The third-order valence-corrected chi connectivity index (χ3v) is 4.87. The van der Waals surface area contributed by atoms with Crippen molar-refractivity contribution in [1.82, 2.24) is 4.98 Å². The van der Waals surface area contributed by atoms with Crippen LogP contribution in [0.1, 0.15) is 32.6 Å². The number of amides is 1. The van der Waals surface area contributed by atoms with Crippen LogP contribution < -0.4 is 16.4 Å². The summed E-state index contributed by atoms with van der Waals surface area (Å²) in [5.74, 6) is -3.68. The van der Waals surface area contributed by atoms with E-state index in [-0.39, 0.29) is 28.2 Å². The van der Waals surface area contributed by atoms with Gasteiger partial charge in [0.05, 0.1) is 16.8 Å². The number of nitrogens with one attached hydrogen (secondary N) is 4. The quantitative estimate of drug-likeness (QED) is 0.201. The van der Waals surface area contributed by atoms with Gasteiger partial charge in [0.25, 0.3) is 5.91 Å². The minimum absolute atomic E-state index is 0.0401. The molecule has 0 atom stereocenters. The highest BCUT2D eigenvalue weighted by Gasteiger charge is 2.34. The molecule has 0 saturated carbocycles. The maximum atomic E-state index is 14.7. The van der Waals surface area contributed by atoms with Crippen molar-refractivity contribution in [2.75, 3.05) is 23.4 Å². The zero-order valence-corrected chi connectivity index (χ0v) is 17.4. The number of nitrogen functional groups attached to an aromatic ring is 1. The number of alkyl halides is 3. The molecule has 6 N–H and O–H groups in total. The highest BCUT2D eigenvalue weighted by molar-refractivity contribution is 6.15. The van der Waals surface area contributed by atoms with Crippen molar-refractivity contribution in [2.45, 2.75) is 6.18 Å². The first-order valence-electron chi connectivity index (χ1n) is 9.51. The van der Waals surface area contributed by atoms with Gasteiger partial charge < -0.3 is 21.8 Å². The first-order valence-corrected chi connectivity index (χ1v) is 9.51. The van der Waals surface area contributed by atoms with Crippen molar-refractivity contribution in [3.8, 4) is 0 Å². The third-order valence-electron chi connectivity index (χ3n) is 4.87. The number of hydrogen-bond donors (Lipinski definition) is 5. The van der Waals surface area contributed by atoms with Crippen LogP contribution in [0.5, 0.6) is 0 Å². The Morgan fingerprint density at radius 3 is 2.47 bits per heavy atom. The fourth-order valence-corrected chi connectivity index (χ4v) is 3.22. The Labute approximate surface area is 189 Å². The summed E-state index contributed by atoms with van der Waals surface area (Å²) in [6.45, 7) is 0. The highest BCUT2D eigenvalue weighted by atomic mass is 19.4. The van der Waals surface area contributed by atoms with E-state index in [0.29, 0.717) is 12.3 Å². The number of aromatic nitrogens is 1. The standard InChI is InChI=1S/C22H17F5N6O/c1-31-17-7-15(23)18(19(24)12(17)8-28)21(34)33-10-2-3-16(29)11(6-10)20(30)13-9-32-5-4-14(13)22(25,26)27/h2-9,28,30-31H,29H2,1H3,(H,33,34). The molecule has 1 amide bonds. The zero-order valence-electron chi connectivity index (χ0n) is 17.4. The Morgan fingerprint density at radius 2 is 1.85 bits per heavy atom. The molecule has 12 heteroatoms. The molecular formula is C22H17F5N6O. The van der Waals surface area contributed by atoms with Crippen LogP contribution in [0, 0.1) is 22.5 Å². The summed E-state index contributed by atoms with van der Waals surface area (Å²) in [5.41, 5.74) is 1.93. The van der Waals surface area contributed by atoms with E-state index in [4.69, 9.17) is 16.6 Å². The normalized spacial score (nSPS) is 11.1. The SMILES string of the molecule is CNc1cc(F)c(C(=O)Nc2ccc(N)c(C(=N)c3cnccc3C(F)(F)F)c2)c(F)c1C=N. The molecule has 1 heterocycles.